The highest BCUT2D eigenvalue weighted by molar-refractivity contribution is 5.47. The molecule has 0 aliphatic carbocycles. The van der Waals surface area contributed by atoms with Crippen molar-refractivity contribution in [1.82, 2.24) is 9.97 Å². The van der Waals surface area contributed by atoms with Crippen molar-refractivity contribution in [1.29, 1.82) is 0 Å². The molecule has 2 aliphatic rings. The van der Waals surface area contributed by atoms with Gasteiger partial charge in [-0.25, -0.2) is 4.98 Å². The molecule has 3 heterocycles. The first-order valence-corrected chi connectivity index (χ1v) is 8.30. The maximum atomic E-state index is 4.83. The summed E-state index contributed by atoms with van der Waals surface area (Å²) in [4.78, 5) is 14.0. The molecule has 4 heteroatoms. The van der Waals surface area contributed by atoms with Crippen LogP contribution in [0.5, 0.6) is 0 Å². The van der Waals surface area contributed by atoms with Gasteiger partial charge in [0.1, 0.15) is 5.82 Å². The first-order chi connectivity index (χ1) is 10.9. The third kappa shape index (κ3) is 2.65. The van der Waals surface area contributed by atoms with Crippen LogP contribution in [0.2, 0.25) is 0 Å². The van der Waals surface area contributed by atoms with Gasteiger partial charge in [-0.1, -0.05) is 24.3 Å². The number of rotatable bonds is 2. The third-order valence-corrected chi connectivity index (χ3v) is 4.72. The Balaban J connectivity index is 1.56. The second-order valence-electron chi connectivity index (χ2n) is 6.20. The molecule has 0 unspecified atom stereocenters. The average molecular weight is 294 g/mol. The molecule has 22 heavy (non-hydrogen) atoms. The summed E-state index contributed by atoms with van der Waals surface area (Å²) in [5.74, 6) is 1.96. The van der Waals surface area contributed by atoms with Gasteiger partial charge in [0.25, 0.3) is 0 Å². The molecule has 1 aromatic heterocycles. The Bertz CT molecular complexity index is 649. The van der Waals surface area contributed by atoms with Crippen LogP contribution in [0.3, 0.4) is 0 Å². The first kappa shape index (κ1) is 13.6. The second-order valence-corrected chi connectivity index (χ2v) is 6.20. The number of nitrogens with zero attached hydrogens (tertiary/aromatic N) is 4. The van der Waals surface area contributed by atoms with E-state index in [-0.39, 0.29) is 0 Å². The van der Waals surface area contributed by atoms with Crippen LogP contribution in [0.1, 0.15) is 30.4 Å². The van der Waals surface area contributed by atoms with Gasteiger partial charge in [0, 0.05) is 32.4 Å². The minimum atomic E-state index is 0.899. The van der Waals surface area contributed by atoms with Gasteiger partial charge in [-0.3, -0.25) is 0 Å². The van der Waals surface area contributed by atoms with Gasteiger partial charge in [0.15, 0.2) is 0 Å². The molecule has 2 aliphatic heterocycles. The number of fused-ring (bicyclic) bond motifs is 1. The normalized spacial score (nSPS) is 18.2. The average Bonchev–Trinajstić information content (AvgIpc) is 2.62. The van der Waals surface area contributed by atoms with Crippen molar-refractivity contribution in [2.45, 2.75) is 32.2 Å². The second kappa shape index (κ2) is 5.95. The summed E-state index contributed by atoms with van der Waals surface area (Å²) in [6.45, 7) is 4.17. The summed E-state index contributed by atoms with van der Waals surface area (Å²) in [5.41, 5.74) is 2.90. The molecule has 0 atom stereocenters. The topological polar surface area (TPSA) is 32.3 Å². The molecule has 1 aromatic carbocycles. The van der Waals surface area contributed by atoms with Crippen molar-refractivity contribution < 1.29 is 0 Å². The van der Waals surface area contributed by atoms with Crippen molar-refractivity contribution in [3.8, 4) is 0 Å². The Hall–Kier alpha value is -2.10. The molecule has 0 amide bonds. The fourth-order valence-electron chi connectivity index (χ4n) is 3.45. The number of aromatic nitrogens is 2. The molecule has 2 aromatic rings. The smallest absolute Gasteiger partial charge is 0.227 e. The number of benzene rings is 1. The van der Waals surface area contributed by atoms with E-state index in [1.54, 1.807) is 0 Å². The molecule has 0 radical (unpaired) electrons. The Morgan fingerprint density at radius 2 is 1.64 bits per heavy atom. The predicted octanol–water partition coefficient (Wildman–Crippen LogP) is 3.03. The zero-order valence-electron chi connectivity index (χ0n) is 12.9. The van der Waals surface area contributed by atoms with E-state index in [0.29, 0.717) is 0 Å². The van der Waals surface area contributed by atoms with Crippen molar-refractivity contribution in [3.63, 3.8) is 0 Å². The van der Waals surface area contributed by atoms with Crippen molar-refractivity contribution in [2.75, 3.05) is 29.4 Å². The zero-order chi connectivity index (χ0) is 14.8. The van der Waals surface area contributed by atoms with Crippen molar-refractivity contribution >= 4 is 11.8 Å². The monoisotopic (exact) mass is 294 g/mol. The molecule has 114 valence electrons. The van der Waals surface area contributed by atoms with Gasteiger partial charge < -0.3 is 9.80 Å². The summed E-state index contributed by atoms with van der Waals surface area (Å²) < 4.78 is 0. The maximum Gasteiger partial charge on any atom is 0.227 e. The summed E-state index contributed by atoms with van der Waals surface area (Å²) in [7, 11) is 0. The van der Waals surface area contributed by atoms with Gasteiger partial charge >= 0.3 is 0 Å². The SMILES string of the molecule is c1ccc2c(c1)CCN(c1ccnc(N3CCCCC3)n1)C2. The van der Waals surface area contributed by atoms with Gasteiger partial charge in [-0.15, -0.1) is 0 Å². The van der Waals surface area contributed by atoms with E-state index in [4.69, 9.17) is 4.98 Å². The molecule has 0 N–H and O–H groups in total. The minimum absolute atomic E-state index is 0.899. The summed E-state index contributed by atoms with van der Waals surface area (Å²) >= 11 is 0. The Labute approximate surface area is 131 Å². The third-order valence-electron chi connectivity index (χ3n) is 4.72. The highest BCUT2D eigenvalue weighted by atomic mass is 15.3. The molecular weight excluding hydrogens is 272 g/mol. The van der Waals surface area contributed by atoms with E-state index in [1.807, 2.05) is 12.3 Å². The van der Waals surface area contributed by atoms with Gasteiger partial charge in [0.2, 0.25) is 5.95 Å². The van der Waals surface area contributed by atoms with Crippen molar-refractivity contribution in [2.24, 2.45) is 0 Å². The molecule has 1 saturated heterocycles. The van der Waals surface area contributed by atoms with Crippen LogP contribution in [-0.4, -0.2) is 29.6 Å². The van der Waals surface area contributed by atoms with Crippen LogP contribution < -0.4 is 9.80 Å². The van der Waals surface area contributed by atoms with Gasteiger partial charge in [0.05, 0.1) is 0 Å². The standard InChI is InChI=1S/C18H22N4/c1-4-11-21(12-5-1)18-19-10-8-17(20-18)22-13-9-15-6-2-3-7-16(15)14-22/h2-3,6-8,10H,1,4-5,9,11-14H2. The van der Waals surface area contributed by atoms with Crippen LogP contribution in [0, 0.1) is 0 Å². The molecule has 0 saturated carbocycles. The fraction of sp³-hybridized carbons (Fsp3) is 0.444. The van der Waals surface area contributed by atoms with Gasteiger partial charge in [-0.2, -0.15) is 4.98 Å². The molecule has 0 bridgehead atoms. The highest BCUT2D eigenvalue weighted by Crippen LogP contribution is 2.24. The summed E-state index contributed by atoms with van der Waals surface area (Å²) in [5, 5.41) is 0. The maximum absolute atomic E-state index is 4.83. The lowest BCUT2D eigenvalue weighted by molar-refractivity contribution is 0.567. The van der Waals surface area contributed by atoms with Crippen molar-refractivity contribution in [3.05, 3.63) is 47.7 Å². The zero-order valence-corrected chi connectivity index (χ0v) is 12.9. The largest absolute Gasteiger partial charge is 0.352 e. The van der Waals surface area contributed by atoms with Crippen LogP contribution in [-0.2, 0) is 13.0 Å². The fourth-order valence-corrected chi connectivity index (χ4v) is 3.45. The lowest BCUT2D eigenvalue weighted by Crippen LogP contribution is -2.33. The highest BCUT2D eigenvalue weighted by Gasteiger charge is 2.19. The molecular formula is C18H22N4. The van der Waals surface area contributed by atoms with E-state index in [0.717, 1.165) is 44.4 Å². The van der Waals surface area contributed by atoms with Crippen LogP contribution in [0.25, 0.3) is 0 Å². The van der Waals surface area contributed by atoms with E-state index < -0.39 is 0 Å². The lowest BCUT2D eigenvalue weighted by Gasteiger charge is -2.31. The quantitative estimate of drug-likeness (QED) is 0.852. The number of anilines is 2. The van der Waals surface area contributed by atoms with Crippen LogP contribution in [0.4, 0.5) is 11.8 Å². The van der Waals surface area contributed by atoms with Crippen LogP contribution in [0.15, 0.2) is 36.5 Å². The molecule has 1 fully saturated rings. The van der Waals surface area contributed by atoms with Crippen LogP contribution >= 0.6 is 0 Å². The number of hydrogen-bond acceptors (Lipinski definition) is 4. The Kier molecular flexibility index (Phi) is 3.67. The van der Waals surface area contributed by atoms with E-state index in [9.17, 15) is 0 Å². The molecule has 0 spiro atoms. The minimum Gasteiger partial charge on any atom is -0.352 e. The summed E-state index contributed by atoms with van der Waals surface area (Å²) in [6, 6.07) is 10.8. The Morgan fingerprint density at radius 1 is 0.818 bits per heavy atom. The number of piperidine rings is 1. The van der Waals surface area contributed by atoms with E-state index >= 15 is 0 Å². The summed E-state index contributed by atoms with van der Waals surface area (Å²) in [6.07, 6.45) is 6.85. The van der Waals surface area contributed by atoms with E-state index in [1.165, 1.54) is 30.4 Å². The van der Waals surface area contributed by atoms with E-state index in [2.05, 4.69) is 39.0 Å². The molecule has 4 nitrogen and oxygen atoms in total. The number of hydrogen-bond donors (Lipinski definition) is 0. The lowest BCUT2D eigenvalue weighted by atomic mass is 10.00. The first-order valence-electron chi connectivity index (χ1n) is 8.30. The predicted molar refractivity (Wildman–Crippen MR) is 89.3 cm³/mol. The molecule has 4 rings (SSSR count). The van der Waals surface area contributed by atoms with Gasteiger partial charge in [-0.05, 0) is 42.9 Å². The Morgan fingerprint density at radius 3 is 2.50 bits per heavy atom.